The van der Waals surface area contributed by atoms with Crippen molar-refractivity contribution in [3.05, 3.63) is 29.8 Å². The van der Waals surface area contributed by atoms with Crippen LogP contribution in [0.2, 0.25) is 0 Å². The van der Waals surface area contributed by atoms with E-state index in [1.165, 1.54) is 0 Å². The molecule has 2 heterocycles. The summed E-state index contributed by atoms with van der Waals surface area (Å²) in [7, 11) is 0. The molecule has 2 saturated heterocycles. The van der Waals surface area contributed by atoms with E-state index >= 15 is 0 Å². The molecule has 1 aromatic carbocycles. The number of piperidine rings is 1. The van der Waals surface area contributed by atoms with Gasteiger partial charge < -0.3 is 19.3 Å². The largest absolute Gasteiger partial charge is 0.462 e. The molecule has 6 nitrogen and oxygen atoms in total. The smallest absolute Gasteiger partial charge is 0.410 e. The second-order valence-electron chi connectivity index (χ2n) is 8.59. The molecular formula is C21H30N2O4. The van der Waals surface area contributed by atoms with Crippen LogP contribution in [0.1, 0.15) is 50.9 Å². The van der Waals surface area contributed by atoms with Crippen LogP contribution in [0.25, 0.3) is 0 Å². The fourth-order valence-electron chi connectivity index (χ4n) is 3.78. The molecule has 2 aliphatic rings. The second kappa shape index (κ2) is 7.41. The molecule has 3 rings (SSSR count). The normalized spacial score (nSPS) is 18.8. The average Bonchev–Trinajstić information content (AvgIpc) is 2.59. The first-order chi connectivity index (χ1) is 12.7. The third-order valence-electron chi connectivity index (χ3n) is 5.27. The van der Waals surface area contributed by atoms with Gasteiger partial charge in [-0.3, -0.25) is 0 Å². The zero-order valence-electron chi connectivity index (χ0n) is 16.8. The number of benzene rings is 1. The van der Waals surface area contributed by atoms with E-state index in [0.29, 0.717) is 17.6 Å². The fraction of sp³-hybridized carbons (Fsp3) is 0.619. The molecule has 1 aromatic rings. The van der Waals surface area contributed by atoms with Crippen molar-refractivity contribution in [2.24, 2.45) is 5.41 Å². The number of nitrogens with zero attached hydrogens (tertiary/aromatic N) is 2. The number of ether oxygens (including phenoxy) is 2. The van der Waals surface area contributed by atoms with Gasteiger partial charge in [0.05, 0.1) is 12.2 Å². The molecule has 1 spiro atoms. The maximum atomic E-state index is 12.2. The summed E-state index contributed by atoms with van der Waals surface area (Å²) in [6, 6.07) is 7.61. The molecule has 6 heteroatoms. The molecule has 1 amide bonds. The lowest BCUT2D eigenvalue weighted by Gasteiger charge is -2.55. The lowest BCUT2D eigenvalue weighted by molar-refractivity contribution is 0.00595. The molecule has 2 fully saturated rings. The summed E-state index contributed by atoms with van der Waals surface area (Å²) in [4.78, 5) is 28.1. The maximum absolute atomic E-state index is 12.2. The van der Waals surface area contributed by atoms with Gasteiger partial charge in [-0.05, 0) is 64.8 Å². The Bertz CT molecular complexity index is 677. The lowest BCUT2D eigenvalue weighted by atomic mass is 9.72. The molecule has 0 bridgehead atoms. The van der Waals surface area contributed by atoms with Crippen LogP contribution >= 0.6 is 0 Å². The molecule has 0 N–H and O–H groups in total. The molecule has 27 heavy (non-hydrogen) atoms. The Morgan fingerprint density at radius 1 is 1.07 bits per heavy atom. The first-order valence-electron chi connectivity index (χ1n) is 9.71. The number of hydrogen-bond acceptors (Lipinski definition) is 5. The minimum atomic E-state index is -0.449. The van der Waals surface area contributed by atoms with Crippen molar-refractivity contribution in [2.75, 3.05) is 37.7 Å². The van der Waals surface area contributed by atoms with Crippen LogP contribution < -0.4 is 4.90 Å². The Morgan fingerprint density at radius 3 is 2.19 bits per heavy atom. The number of anilines is 1. The van der Waals surface area contributed by atoms with E-state index in [1.807, 2.05) is 49.9 Å². The summed E-state index contributed by atoms with van der Waals surface area (Å²) < 4.78 is 10.5. The Balaban J connectivity index is 1.50. The van der Waals surface area contributed by atoms with E-state index in [-0.39, 0.29) is 12.1 Å². The zero-order valence-corrected chi connectivity index (χ0v) is 16.8. The zero-order chi connectivity index (χ0) is 19.7. The SMILES string of the molecule is CCOC(=O)c1ccc(N2CC3(CCN(C(=O)OC(C)(C)C)CC3)C2)cc1. The first-order valence-corrected chi connectivity index (χ1v) is 9.71. The van der Waals surface area contributed by atoms with Gasteiger partial charge in [-0.2, -0.15) is 0 Å². The Kier molecular flexibility index (Phi) is 5.36. The molecule has 2 aliphatic heterocycles. The summed E-state index contributed by atoms with van der Waals surface area (Å²) in [5.74, 6) is -0.279. The van der Waals surface area contributed by atoms with Gasteiger partial charge in [0.15, 0.2) is 0 Å². The van der Waals surface area contributed by atoms with Gasteiger partial charge in [-0.1, -0.05) is 0 Å². The molecular weight excluding hydrogens is 344 g/mol. The number of rotatable bonds is 3. The van der Waals surface area contributed by atoms with Crippen molar-refractivity contribution < 1.29 is 19.1 Å². The first kappa shape index (κ1) is 19.5. The standard InChI is InChI=1S/C21H30N2O4/c1-5-26-18(24)16-6-8-17(9-7-16)23-14-21(15-23)10-12-22(13-11-21)19(25)27-20(2,3)4/h6-9H,5,10-15H2,1-4H3. The van der Waals surface area contributed by atoms with Crippen molar-refractivity contribution in [1.29, 1.82) is 0 Å². The van der Waals surface area contributed by atoms with Crippen LogP contribution in [0.3, 0.4) is 0 Å². The second-order valence-corrected chi connectivity index (χ2v) is 8.59. The summed E-state index contributed by atoms with van der Waals surface area (Å²) in [6.45, 7) is 11.4. The Morgan fingerprint density at radius 2 is 1.67 bits per heavy atom. The number of amides is 1. The quantitative estimate of drug-likeness (QED) is 0.755. The summed E-state index contributed by atoms with van der Waals surface area (Å²) in [5, 5.41) is 0. The average molecular weight is 374 g/mol. The van der Waals surface area contributed by atoms with Crippen molar-refractivity contribution in [3.8, 4) is 0 Å². The summed E-state index contributed by atoms with van der Waals surface area (Å²) in [6.07, 6.45) is 1.80. The van der Waals surface area contributed by atoms with Gasteiger partial charge >= 0.3 is 12.1 Å². The van der Waals surface area contributed by atoms with Crippen LogP contribution in [0.15, 0.2) is 24.3 Å². The van der Waals surface area contributed by atoms with Crippen molar-refractivity contribution in [3.63, 3.8) is 0 Å². The predicted octanol–water partition coefficient (Wildman–Crippen LogP) is 3.70. The monoisotopic (exact) mass is 374 g/mol. The van der Waals surface area contributed by atoms with Crippen LogP contribution in [0.4, 0.5) is 10.5 Å². The highest BCUT2D eigenvalue weighted by molar-refractivity contribution is 5.89. The molecule has 0 radical (unpaired) electrons. The Hall–Kier alpha value is -2.24. The molecule has 0 saturated carbocycles. The number of esters is 1. The van der Waals surface area contributed by atoms with Gasteiger partial charge in [0.1, 0.15) is 5.60 Å². The van der Waals surface area contributed by atoms with Crippen molar-refractivity contribution in [1.82, 2.24) is 4.90 Å². The van der Waals surface area contributed by atoms with Gasteiger partial charge in [0, 0.05) is 37.3 Å². The molecule has 148 valence electrons. The van der Waals surface area contributed by atoms with E-state index in [9.17, 15) is 9.59 Å². The summed E-state index contributed by atoms with van der Waals surface area (Å²) >= 11 is 0. The van der Waals surface area contributed by atoms with Crippen LogP contribution in [-0.4, -0.2) is 55.3 Å². The fourth-order valence-corrected chi connectivity index (χ4v) is 3.78. The van der Waals surface area contributed by atoms with Crippen LogP contribution in [0, 0.1) is 5.41 Å². The maximum Gasteiger partial charge on any atom is 0.410 e. The predicted molar refractivity (Wildman–Crippen MR) is 104 cm³/mol. The third-order valence-corrected chi connectivity index (χ3v) is 5.27. The topological polar surface area (TPSA) is 59.1 Å². The highest BCUT2D eigenvalue weighted by Gasteiger charge is 2.45. The van der Waals surface area contributed by atoms with Crippen molar-refractivity contribution in [2.45, 2.75) is 46.1 Å². The Labute approximate surface area is 161 Å². The van der Waals surface area contributed by atoms with E-state index in [2.05, 4.69) is 4.90 Å². The van der Waals surface area contributed by atoms with E-state index in [4.69, 9.17) is 9.47 Å². The molecule has 0 aromatic heterocycles. The highest BCUT2D eigenvalue weighted by atomic mass is 16.6. The van der Waals surface area contributed by atoms with Gasteiger partial charge in [-0.25, -0.2) is 9.59 Å². The lowest BCUT2D eigenvalue weighted by Crippen LogP contribution is -2.61. The van der Waals surface area contributed by atoms with Crippen LogP contribution in [0.5, 0.6) is 0 Å². The molecule has 0 aliphatic carbocycles. The number of carbonyl (C=O) groups excluding carboxylic acids is 2. The summed E-state index contributed by atoms with van der Waals surface area (Å²) in [5.41, 5.74) is 1.55. The van der Waals surface area contributed by atoms with Gasteiger partial charge in [0.25, 0.3) is 0 Å². The van der Waals surface area contributed by atoms with Gasteiger partial charge in [-0.15, -0.1) is 0 Å². The molecule has 0 atom stereocenters. The minimum absolute atomic E-state index is 0.205. The highest BCUT2D eigenvalue weighted by Crippen LogP contribution is 2.42. The van der Waals surface area contributed by atoms with Crippen molar-refractivity contribution >= 4 is 17.7 Å². The number of likely N-dealkylation sites (tertiary alicyclic amines) is 1. The van der Waals surface area contributed by atoms with E-state index in [0.717, 1.165) is 44.7 Å². The number of hydrogen-bond donors (Lipinski definition) is 0. The van der Waals surface area contributed by atoms with Crippen LogP contribution in [-0.2, 0) is 9.47 Å². The number of carbonyl (C=O) groups is 2. The van der Waals surface area contributed by atoms with E-state index < -0.39 is 5.60 Å². The van der Waals surface area contributed by atoms with Gasteiger partial charge in [0.2, 0.25) is 0 Å². The minimum Gasteiger partial charge on any atom is -0.462 e. The third kappa shape index (κ3) is 4.54. The molecule has 0 unspecified atom stereocenters. The van der Waals surface area contributed by atoms with E-state index in [1.54, 1.807) is 6.92 Å².